The summed E-state index contributed by atoms with van der Waals surface area (Å²) in [5.41, 5.74) is 0. The zero-order valence-electron chi connectivity index (χ0n) is 11.9. The van der Waals surface area contributed by atoms with Gasteiger partial charge in [0, 0.05) is 4.47 Å². The Bertz CT molecular complexity index is 813. The molecule has 3 rings (SSSR count). The Hall–Kier alpha value is -0.750. The molecule has 0 bridgehead atoms. The second-order valence-electron chi connectivity index (χ2n) is 4.88. The van der Waals surface area contributed by atoms with E-state index in [1.165, 1.54) is 0 Å². The highest BCUT2D eigenvalue weighted by Gasteiger charge is 2.41. The van der Waals surface area contributed by atoms with Gasteiger partial charge in [-0.15, -0.1) is 0 Å². The van der Waals surface area contributed by atoms with Crippen molar-refractivity contribution >= 4 is 57.7 Å². The normalized spacial score (nSPS) is 11.4. The number of rotatable bonds is 3. The van der Waals surface area contributed by atoms with E-state index in [1.807, 2.05) is 72.8 Å². The summed E-state index contributed by atoms with van der Waals surface area (Å²) in [4.78, 5) is 2.32. The van der Waals surface area contributed by atoms with Gasteiger partial charge in [-0.2, -0.15) is 0 Å². The average Bonchev–Trinajstić information content (AvgIpc) is 2.55. The van der Waals surface area contributed by atoms with Gasteiger partial charge in [0.1, 0.15) is 0 Å². The fourth-order valence-corrected chi connectivity index (χ4v) is 8.52. The topological polar surface area (TPSA) is 17.1 Å². The van der Waals surface area contributed by atoms with Crippen LogP contribution < -0.4 is 0 Å². The van der Waals surface area contributed by atoms with E-state index in [4.69, 9.17) is 0 Å². The molecule has 116 valence electrons. The van der Waals surface area contributed by atoms with Crippen LogP contribution in [0.2, 0.25) is 0 Å². The van der Waals surface area contributed by atoms with Crippen molar-refractivity contribution < 1.29 is 4.21 Å². The van der Waals surface area contributed by atoms with Gasteiger partial charge in [-0.25, -0.2) is 0 Å². The lowest BCUT2D eigenvalue weighted by Gasteiger charge is -2.15. The minimum atomic E-state index is -2.62. The first-order chi connectivity index (χ1) is 11.0. The summed E-state index contributed by atoms with van der Waals surface area (Å²) in [5.74, 6) is 0. The maximum Gasteiger partial charge on any atom is 0.197 e. The molecule has 0 fully saturated rings. The van der Waals surface area contributed by atoms with Crippen LogP contribution in [-0.4, -0.2) is 0 Å². The molecule has 0 saturated heterocycles. The van der Waals surface area contributed by atoms with Crippen LogP contribution in [0.15, 0.2) is 101 Å². The summed E-state index contributed by atoms with van der Waals surface area (Å²) in [6, 6.07) is 23.0. The van der Waals surface area contributed by atoms with Gasteiger partial charge >= 0.3 is 0 Å². The maximum absolute atomic E-state index is 14.3. The second-order valence-corrected chi connectivity index (χ2v) is 9.97. The van der Waals surface area contributed by atoms with Crippen LogP contribution in [-0.2, 0) is 14.1 Å². The van der Waals surface area contributed by atoms with Crippen LogP contribution in [0.25, 0.3) is 0 Å². The monoisotopic (exact) mass is 513 g/mol. The van der Waals surface area contributed by atoms with Gasteiger partial charge in [0.05, 0.1) is 8.95 Å². The van der Waals surface area contributed by atoms with E-state index in [0.29, 0.717) is 0 Å². The average molecular weight is 516 g/mol. The number of hydrogen-bond donors (Lipinski definition) is 0. The van der Waals surface area contributed by atoms with Crippen LogP contribution in [0, 0.1) is 0 Å². The summed E-state index contributed by atoms with van der Waals surface area (Å²) in [5, 5.41) is 0. The van der Waals surface area contributed by atoms with E-state index >= 15 is 0 Å². The molecule has 0 amide bonds. The molecule has 0 radical (unpaired) electrons. The molecule has 3 aromatic carbocycles. The fourth-order valence-electron chi connectivity index (χ4n) is 2.40. The first-order valence-corrected chi connectivity index (χ1v) is 10.8. The molecular weight excluding hydrogens is 504 g/mol. The van der Waals surface area contributed by atoms with E-state index < -0.39 is 9.93 Å². The van der Waals surface area contributed by atoms with Crippen molar-refractivity contribution in [3.05, 3.63) is 86.2 Å². The Morgan fingerprint density at radius 2 is 1.04 bits per heavy atom. The molecule has 0 heterocycles. The number of halogens is 3. The third-order valence-corrected chi connectivity index (χ3v) is 8.52. The Kier molecular flexibility index (Phi) is 5.21. The molecule has 0 saturated carbocycles. The van der Waals surface area contributed by atoms with Gasteiger partial charge in [0.15, 0.2) is 24.6 Å². The van der Waals surface area contributed by atoms with Crippen molar-refractivity contribution in [1.29, 1.82) is 0 Å². The van der Waals surface area contributed by atoms with Gasteiger partial charge in [0.25, 0.3) is 0 Å². The van der Waals surface area contributed by atoms with Crippen LogP contribution in [0.3, 0.4) is 0 Å². The van der Waals surface area contributed by atoms with Crippen LogP contribution in [0.1, 0.15) is 0 Å². The number of benzene rings is 3. The van der Waals surface area contributed by atoms with E-state index in [2.05, 4.69) is 47.8 Å². The summed E-state index contributed by atoms with van der Waals surface area (Å²) in [7, 11) is -2.62. The standard InChI is InChI=1S/C18H12Br3OS/c19-13-11-16(20)18(17(21)12-13)23(22,14-7-3-1-4-8-14)15-9-5-2-6-10-15/h1-12H/q+1. The molecule has 0 unspecified atom stereocenters. The zero-order chi connectivity index (χ0) is 16.4. The Morgan fingerprint density at radius 1 is 0.652 bits per heavy atom. The lowest BCUT2D eigenvalue weighted by molar-refractivity contribution is 0.583. The largest absolute Gasteiger partial charge is 0.197 e. The molecule has 5 heteroatoms. The van der Waals surface area contributed by atoms with Crippen molar-refractivity contribution in [3.63, 3.8) is 0 Å². The lowest BCUT2D eigenvalue weighted by Crippen LogP contribution is -2.14. The number of hydrogen-bond acceptors (Lipinski definition) is 1. The van der Waals surface area contributed by atoms with Gasteiger partial charge in [-0.3, -0.25) is 0 Å². The van der Waals surface area contributed by atoms with E-state index in [-0.39, 0.29) is 0 Å². The first kappa shape index (κ1) is 17.1. The quantitative estimate of drug-likeness (QED) is 0.345. The predicted octanol–water partition coefficient (Wildman–Crippen LogP) is 6.95. The molecule has 0 atom stereocenters. The smallest absolute Gasteiger partial charge is 0.0874 e. The van der Waals surface area contributed by atoms with Crippen molar-refractivity contribution in [2.45, 2.75) is 14.7 Å². The molecule has 23 heavy (non-hydrogen) atoms. The molecule has 0 aliphatic carbocycles. The predicted molar refractivity (Wildman–Crippen MR) is 105 cm³/mol. The molecule has 0 aromatic heterocycles. The summed E-state index contributed by atoms with van der Waals surface area (Å²) >= 11 is 10.7. The van der Waals surface area contributed by atoms with Crippen molar-refractivity contribution in [3.8, 4) is 0 Å². The van der Waals surface area contributed by atoms with Crippen LogP contribution >= 0.6 is 47.8 Å². The maximum atomic E-state index is 14.3. The summed E-state index contributed by atoms with van der Waals surface area (Å²) in [6.45, 7) is 0. The Balaban J connectivity index is 2.38. The SMILES string of the molecule is O=[S+](c1ccccc1)(c1ccccc1)c1c(Br)cc(Br)cc1Br. The summed E-state index contributed by atoms with van der Waals surface area (Å²) < 4.78 is 16.8. The highest BCUT2D eigenvalue weighted by Crippen LogP contribution is 2.44. The molecule has 0 aliphatic heterocycles. The highest BCUT2D eigenvalue weighted by molar-refractivity contribution is 9.11. The molecular formula is C18H12Br3OS+. The molecule has 0 aliphatic rings. The third kappa shape index (κ3) is 3.25. The van der Waals surface area contributed by atoms with Crippen molar-refractivity contribution in [2.24, 2.45) is 0 Å². The van der Waals surface area contributed by atoms with Crippen LogP contribution in [0.5, 0.6) is 0 Å². The molecule has 1 nitrogen and oxygen atoms in total. The van der Waals surface area contributed by atoms with Crippen molar-refractivity contribution in [1.82, 2.24) is 0 Å². The van der Waals surface area contributed by atoms with Gasteiger partial charge in [0.2, 0.25) is 0 Å². The zero-order valence-corrected chi connectivity index (χ0v) is 17.5. The van der Waals surface area contributed by atoms with E-state index in [1.54, 1.807) is 0 Å². The van der Waals surface area contributed by atoms with Gasteiger partial charge < -0.3 is 0 Å². The minimum Gasteiger partial charge on any atom is -0.0874 e. The van der Waals surface area contributed by atoms with Gasteiger partial charge in [-0.05, 0) is 68.3 Å². The summed E-state index contributed by atoms with van der Waals surface area (Å²) in [6.07, 6.45) is 0. The van der Waals surface area contributed by atoms with Crippen molar-refractivity contribution in [2.75, 3.05) is 0 Å². The van der Waals surface area contributed by atoms with E-state index in [9.17, 15) is 4.21 Å². The minimum absolute atomic E-state index is 0.748. The highest BCUT2D eigenvalue weighted by atomic mass is 79.9. The first-order valence-electron chi connectivity index (χ1n) is 6.82. The molecule has 0 spiro atoms. The Labute approximate surface area is 161 Å². The van der Waals surface area contributed by atoms with E-state index in [0.717, 1.165) is 28.1 Å². The Morgan fingerprint density at radius 3 is 1.43 bits per heavy atom. The molecule has 3 aromatic rings. The lowest BCUT2D eigenvalue weighted by atomic mass is 10.4. The van der Waals surface area contributed by atoms with Gasteiger partial charge in [-0.1, -0.05) is 56.5 Å². The van der Waals surface area contributed by atoms with Crippen LogP contribution in [0.4, 0.5) is 0 Å². The fraction of sp³-hybridized carbons (Fsp3) is 0. The third-order valence-electron chi connectivity index (χ3n) is 3.40. The second kappa shape index (κ2) is 7.01. The molecule has 0 N–H and O–H groups in total.